The molecule has 3 aromatic carbocycles. The maximum atomic E-state index is 14.5. The summed E-state index contributed by atoms with van der Waals surface area (Å²) in [6.45, 7) is 1.11. The van der Waals surface area contributed by atoms with Crippen LogP contribution in [0.1, 0.15) is 51.5 Å². The minimum Gasteiger partial charge on any atom is -0.493 e. The van der Waals surface area contributed by atoms with Crippen LogP contribution in [0.5, 0.6) is 23.0 Å². The molecule has 7 rings (SSSR count). The highest BCUT2D eigenvalue weighted by molar-refractivity contribution is 5.94. The highest BCUT2D eigenvalue weighted by Gasteiger charge is 2.33. The lowest BCUT2D eigenvalue weighted by atomic mass is 9.87. The number of hydrogen-bond acceptors (Lipinski definition) is 6. The lowest BCUT2D eigenvalue weighted by Crippen LogP contribution is -2.40. The standard InChI is InChI=1S/C32H31FN4O5/c1-40-28-9-4-22-16-29(28)41-14-2-12-34-32(39)26-17-24(6-8-27(26)33)42-23-5-7-25-21(15-23)11-13-37(31(22)25)30(38)10-3-20-18-35-36-19-20/h4-9,15-19,31H,2-3,10-14H2,1H3,(H,34,39)(H,35,36). The van der Waals surface area contributed by atoms with Gasteiger partial charge in [0.2, 0.25) is 5.91 Å². The number of nitrogens with zero attached hydrogens (tertiary/aromatic N) is 2. The Labute approximate surface area is 242 Å². The van der Waals surface area contributed by atoms with Crippen molar-refractivity contribution in [1.82, 2.24) is 20.4 Å². The number of rotatable bonds is 4. The topological polar surface area (TPSA) is 106 Å². The first kappa shape index (κ1) is 27.3. The van der Waals surface area contributed by atoms with Crippen molar-refractivity contribution in [1.29, 1.82) is 0 Å². The average Bonchev–Trinajstić information content (AvgIpc) is 3.53. The van der Waals surface area contributed by atoms with Crippen LogP contribution in [0.4, 0.5) is 4.39 Å². The molecule has 2 N–H and O–H groups in total. The summed E-state index contributed by atoms with van der Waals surface area (Å²) in [6, 6.07) is 15.3. The Morgan fingerprint density at radius 2 is 2.00 bits per heavy atom. The molecule has 2 amide bonds. The number of carbonyl (C=O) groups excluding carboxylic acids is 2. The molecule has 1 atom stereocenters. The second kappa shape index (κ2) is 11.9. The number of H-pyrrole nitrogens is 1. The number of nitrogens with one attached hydrogen (secondary N) is 2. The molecule has 42 heavy (non-hydrogen) atoms. The number of ether oxygens (including phenoxy) is 3. The molecule has 10 heteroatoms. The Kier molecular flexibility index (Phi) is 7.76. The fourth-order valence-electron chi connectivity index (χ4n) is 5.51. The van der Waals surface area contributed by atoms with Crippen LogP contribution in [-0.4, -0.2) is 53.7 Å². The average molecular weight is 571 g/mol. The molecule has 3 aliphatic rings. The van der Waals surface area contributed by atoms with Crippen LogP contribution in [0.25, 0.3) is 0 Å². The second-order valence-corrected chi connectivity index (χ2v) is 10.3. The largest absolute Gasteiger partial charge is 0.493 e. The van der Waals surface area contributed by atoms with Crippen molar-refractivity contribution in [2.45, 2.75) is 31.7 Å². The molecule has 0 fully saturated rings. The van der Waals surface area contributed by atoms with Crippen LogP contribution >= 0.6 is 0 Å². The summed E-state index contributed by atoms with van der Waals surface area (Å²) in [5, 5.41) is 9.54. The monoisotopic (exact) mass is 570 g/mol. The van der Waals surface area contributed by atoms with E-state index in [0.717, 1.165) is 22.3 Å². The summed E-state index contributed by atoms with van der Waals surface area (Å²) >= 11 is 0. The van der Waals surface area contributed by atoms with E-state index in [9.17, 15) is 14.0 Å². The van der Waals surface area contributed by atoms with Crippen molar-refractivity contribution in [3.8, 4) is 23.0 Å². The van der Waals surface area contributed by atoms with E-state index in [1.54, 1.807) is 19.5 Å². The summed E-state index contributed by atoms with van der Waals surface area (Å²) in [6.07, 6.45) is 5.61. The van der Waals surface area contributed by atoms with Gasteiger partial charge >= 0.3 is 0 Å². The zero-order chi connectivity index (χ0) is 29.1. The van der Waals surface area contributed by atoms with E-state index >= 15 is 0 Å². The van der Waals surface area contributed by atoms with Gasteiger partial charge in [-0.2, -0.15) is 5.10 Å². The van der Waals surface area contributed by atoms with Crippen LogP contribution in [0, 0.1) is 5.82 Å². The number of methoxy groups -OCH3 is 1. The SMILES string of the molecule is COc1ccc2cc1OCCCNC(=O)c1cc(ccc1F)Oc1ccc3c(c1)CCN(C(=O)CCc1cn[nH]c1)C23. The summed E-state index contributed by atoms with van der Waals surface area (Å²) in [5.74, 6) is 0.913. The minimum atomic E-state index is -0.627. The first-order valence-corrected chi connectivity index (χ1v) is 14.0. The van der Waals surface area contributed by atoms with E-state index in [2.05, 4.69) is 15.5 Å². The summed E-state index contributed by atoms with van der Waals surface area (Å²) in [7, 11) is 1.58. The van der Waals surface area contributed by atoms with Gasteiger partial charge in [0, 0.05) is 25.7 Å². The molecule has 0 saturated heterocycles. The molecule has 216 valence electrons. The Hall–Kier alpha value is -4.86. The van der Waals surface area contributed by atoms with Gasteiger partial charge in [0.25, 0.3) is 5.91 Å². The molecule has 3 aliphatic heterocycles. The first-order chi connectivity index (χ1) is 20.5. The molecule has 1 aromatic heterocycles. The van der Waals surface area contributed by atoms with Crippen LogP contribution in [0.2, 0.25) is 0 Å². The zero-order valence-electron chi connectivity index (χ0n) is 23.2. The number of hydrogen-bond donors (Lipinski definition) is 2. The molecule has 9 nitrogen and oxygen atoms in total. The predicted octanol–water partition coefficient (Wildman–Crippen LogP) is 4.97. The Morgan fingerprint density at radius 3 is 2.83 bits per heavy atom. The molecule has 4 aromatic rings. The van der Waals surface area contributed by atoms with Gasteiger partial charge in [-0.25, -0.2) is 4.39 Å². The summed E-state index contributed by atoms with van der Waals surface area (Å²) in [4.78, 5) is 28.3. The Balaban J connectivity index is 1.40. The maximum absolute atomic E-state index is 14.5. The molecule has 0 aliphatic carbocycles. The van der Waals surface area contributed by atoms with Crippen LogP contribution < -0.4 is 19.5 Å². The molecule has 1 unspecified atom stereocenters. The highest BCUT2D eigenvalue weighted by atomic mass is 19.1. The number of fused-ring (bicyclic) bond motifs is 6. The van der Waals surface area contributed by atoms with Gasteiger partial charge in [-0.05, 0) is 84.0 Å². The van der Waals surface area contributed by atoms with Gasteiger partial charge in [0.05, 0.1) is 31.5 Å². The van der Waals surface area contributed by atoms with Crippen molar-refractivity contribution in [2.75, 3.05) is 26.8 Å². The van der Waals surface area contributed by atoms with Gasteiger partial charge in [-0.3, -0.25) is 14.7 Å². The predicted molar refractivity (Wildman–Crippen MR) is 153 cm³/mol. The van der Waals surface area contributed by atoms with E-state index in [0.29, 0.717) is 61.8 Å². The van der Waals surface area contributed by atoms with E-state index in [-0.39, 0.29) is 24.1 Å². The molecule has 0 saturated carbocycles. The highest BCUT2D eigenvalue weighted by Crippen LogP contribution is 2.41. The maximum Gasteiger partial charge on any atom is 0.254 e. The van der Waals surface area contributed by atoms with Crippen LogP contribution in [0.3, 0.4) is 0 Å². The van der Waals surface area contributed by atoms with Crippen LogP contribution in [-0.2, 0) is 17.6 Å². The number of aromatic amines is 1. The second-order valence-electron chi connectivity index (χ2n) is 10.3. The quantitative estimate of drug-likeness (QED) is 0.359. The van der Waals surface area contributed by atoms with Gasteiger partial charge in [0.1, 0.15) is 17.3 Å². The van der Waals surface area contributed by atoms with E-state index in [4.69, 9.17) is 14.2 Å². The number of aromatic nitrogens is 2. The molecule has 4 heterocycles. The van der Waals surface area contributed by atoms with Crippen LogP contribution in [0.15, 0.2) is 67.0 Å². The van der Waals surface area contributed by atoms with E-state index in [1.807, 2.05) is 41.3 Å². The van der Waals surface area contributed by atoms with E-state index in [1.165, 1.54) is 18.2 Å². The van der Waals surface area contributed by atoms with Crippen molar-refractivity contribution in [3.63, 3.8) is 0 Å². The normalized spacial score (nSPS) is 16.5. The smallest absolute Gasteiger partial charge is 0.254 e. The minimum absolute atomic E-state index is 0.0437. The molecular formula is C32H31FN4O5. The molecule has 8 bridgehead atoms. The fourth-order valence-corrected chi connectivity index (χ4v) is 5.51. The summed E-state index contributed by atoms with van der Waals surface area (Å²) in [5.41, 5.74) is 3.81. The fraction of sp³-hybridized carbons (Fsp3) is 0.281. The molecular weight excluding hydrogens is 539 g/mol. The van der Waals surface area contributed by atoms with Crippen molar-refractivity contribution < 1.29 is 28.2 Å². The van der Waals surface area contributed by atoms with Gasteiger partial charge < -0.3 is 24.4 Å². The number of halogens is 1. The Bertz CT molecular complexity index is 1610. The third-order valence-corrected chi connectivity index (χ3v) is 7.63. The lowest BCUT2D eigenvalue weighted by molar-refractivity contribution is -0.133. The van der Waals surface area contributed by atoms with Gasteiger partial charge in [-0.1, -0.05) is 12.1 Å². The third kappa shape index (κ3) is 5.65. The van der Waals surface area contributed by atoms with Crippen molar-refractivity contribution in [3.05, 3.63) is 101 Å². The molecule has 0 spiro atoms. The van der Waals surface area contributed by atoms with Gasteiger partial charge in [-0.15, -0.1) is 0 Å². The van der Waals surface area contributed by atoms with Gasteiger partial charge in [0.15, 0.2) is 11.5 Å². The number of amides is 2. The van der Waals surface area contributed by atoms with Crippen molar-refractivity contribution in [2.24, 2.45) is 0 Å². The van der Waals surface area contributed by atoms with E-state index < -0.39 is 11.7 Å². The number of carbonyl (C=O) groups is 2. The zero-order valence-corrected chi connectivity index (χ0v) is 23.2. The Morgan fingerprint density at radius 1 is 1.14 bits per heavy atom. The number of benzene rings is 3. The lowest BCUT2D eigenvalue weighted by Gasteiger charge is -2.38. The first-order valence-electron chi connectivity index (χ1n) is 14.0. The third-order valence-electron chi connectivity index (χ3n) is 7.63. The molecule has 0 radical (unpaired) electrons. The summed E-state index contributed by atoms with van der Waals surface area (Å²) < 4.78 is 32.2. The van der Waals surface area contributed by atoms with Crippen molar-refractivity contribution >= 4 is 11.8 Å². The number of aryl methyl sites for hydroxylation is 1.